The Hall–Kier alpha value is -0.730. The predicted molar refractivity (Wildman–Crippen MR) is 35.9 cm³/mol. The molecule has 0 spiro atoms. The number of nitrogens with one attached hydrogen (secondary N) is 2. The second kappa shape index (κ2) is 1.40. The van der Waals surface area contributed by atoms with Crippen LogP contribution in [0.1, 0.15) is 19.8 Å². The van der Waals surface area contributed by atoms with Crippen molar-refractivity contribution in [2.24, 2.45) is 10.5 Å². The molecule has 1 heterocycles. The van der Waals surface area contributed by atoms with E-state index in [-0.39, 0.29) is 0 Å². The number of nitrogens with zero attached hydrogens (tertiary/aromatic N) is 1. The van der Waals surface area contributed by atoms with Crippen molar-refractivity contribution in [3.05, 3.63) is 0 Å². The molecule has 3 heteroatoms. The molecule has 50 valence electrons. The molecule has 1 fully saturated rings. The zero-order chi connectivity index (χ0) is 6.32. The first-order valence-electron chi connectivity index (χ1n) is 3.36. The molecule has 0 aromatic heterocycles. The highest BCUT2D eigenvalue weighted by atomic mass is 15.4. The number of hydrazone groups is 1. The van der Waals surface area contributed by atoms with Gasteiger partial charge in [-0.3, -0.25) is 5.43 Å². The minimum absolute atomic E-state index is 0.406. The number of hydrogen-bond donors (Lipinski definition) is 2. The summed E-state index contributed by atoms with van der Waals surface area (Å²) in [6.45, 7) is 3.05. The maximum Gasteiger partial charge on any atom is 0.129 e. The van der Waals surface area contributed by atoms with Gasteiger partial charge in [-0.05, 0) is 12.8 Å². The third-order valence-corrected chi connectivity index (χ3v) is 2.10. The average molecular weight is 125 g/mol. The second-order valence-corrected chi connectivity index (χ2v) is 3.03. The molecule has 0 atom stereocenters. The Balaban J connectivity index is 2.12. The van der Waals surface area contributed by atoms with E-state index in [2.05, 4.69) is 22.8 Å². The molecule has 0 amide bonds. The van der Waals surface area contributed by atoms with Gasteiger partial charge < -0.3 is 5.32 Å². The fourth-order valence-electron chi connectivity index (χ4n) is 1.05. The van der Waals surface area contributed by atoms with Crippen LogP contribution < -0.4 is 10.7 Å². The molecule has 1 aliphatic heterocycles. The van der Waals surface area contributed by atoms with Gasteiger partial charge in [0, 0.05) is 5.41 Å². The number of rotatable bonds is 1. The number of hydrogen-bond acceptors (Lipinski definition) is 3. The third-order valence-electron chi connectivity index (χ3n) is 2.10. The normalized spacial score (nSPS) is 28.3. The third kappa shape index (κ3) is 0.677. The van der Waals surface area contributed by atoms with Gasteiger partial charge >= 0.3 is 0 Å². The van der Waals surface area contributed by atoms with Crippen LogP contribution in [-0.4, -0.2) is 12.5 Å². The first kappa shape index (κ1) is 5.09. The largest absolute Gasteiger partial charge is 0.353 e. The van der Waals surface area contributed by atoms with Crippen molar-refractivity contribution >= 4 is 5.84 Å². The summed E-state index contributed by atoms with van der Waals surface area (Å²) in [6.07, 6.45) is 2.58. The van der Waals surface area contributed by atoms with Gasteiger partial charge in [-0.1, -0.05) is 6.92 Å². The maximum atomic E-state index is 4.12. The SMILES string of the molecule is CC1(C2=NNCN2)CC1. The molecular weight excluding hydrogens is 114 g/mol. The minimum atomic E-state index is 0.406. The molecule has 0 aromatic carbocycles. The summed E-state index contributed by atoms with van der Waals surface area (Å²) in [6, 6.07) is 0. The van der Waals surface area contributed by atoms with Crippen molar-refractivity contribution in [2.75, 3.05) is 6.67 Å². The molecule has 0 unspecified atom stereocenters. The molecule has 1 aliphatic carbocycles. The highest BCUT2D eigenvalue weighted by Crippen LogP contribution is 2.45. The molecule has 2 rings (SSSR count). The standard InChI is InChI=1S/C6H11N3/c1-6(2-3-6)5-7-4-8-9-5/h8H,2-4H2,1H3,(H,7,9). The molecular formula is C6H11N3. The molecule has 2 N–H and O–H groups in total. The van der Waals surface area contributed by atoms with E-state index in [0.29, 0.717) is 5.41 Å². The lowest BCUT2D eigenvalue weighted by molar-refractivity contribution is 0.752. The van der Waals surface area contributed by atoms with Gasteiger partial charge in [-0.25, -0.2) is 0 Å². The van der Waals surface area contributed by atoms with Gasteiger partial charge in [-0.2, -0.15) is 5.10 Å². The van der Waals surface area contributed by atoms with Crippen LogP contribution in [0.5, 0.6) is 0 Å². The Morgan fingerprint density at radius 3 is 2.78 bits per heavy atom. The Morgan fingerprint density at radius 1 is 1.56 bits per heavy atom. The van der Waals surface area contributed by atoms with E-state index in [4.69, 9.17) is 0 Å². The Morgan fingerprint density at radius 2 is 2.33 bits per heavy atom. The van der Waals surface area contributed by atoms with Crippen molar-refractivity contribution in [1.82, 2.24) is 10.7 Å². The highest BCUT2D eigenvalue weighted by Gasteiger charge is 2.43. The van der Waals surface area contributed by atoms with E-state index >= 15 is 0 Å². The summed E-state index contributed by atoms with van der Waals surface area (Å²) in [4.78, 5) is 0. The molecule has 3 nitrogen and oxygen atoms in total. The van der Waals surface area contributed by atoms with E-state index in [9.17, 15) is 0 Å². The Labute approximate surface area is 54.5 Å². The molecule has 2 aliphatic rings. The zero-order valence-electron chi connectivity index (χ0n) is 5.57. The van der Waals surface area contributed by atoms with E-state index in [0.717, 1.165) is 12.5 Å². The molecule has 1 saturated carbocycles. The predicted octanol–water partition coefficient (Wildman–Crippen LogP) is 0.250. The van der Waals surface area contributed by atoms with Gasteiger partial charge in [0.25, 0.3) is 0 Å². The molecule has 0 bridgehead atoms. The quantitative estimate of drug-likeness (QED) is 0.527. The van der Waals surface area contributed by atoms with Crippen molar-refractivity contribution < 1.29 is 0 Å². The monoisotopic (exact) mass is 125 g/mol. The second-order valence-electron chi connectivity index (χ2n) is 3.03. The highest BCUT2D eigenvalue weighted by molar-refractivity contribution is 5.90. The summed E-state index contributed by atoms with van der Waals surface area (Å²) >= 11 is 0. The van der Waals surface area contributed by atoms with Gasteiger partial charge in [-0.15, -0.1) is 0 Å². The minimum Gasteiger partial charge on any atom is -0.353 e. The molecule has 0 radical (unpaired) electrons. The van der Waals surface area contributed by atoms with Crippen molar-refractivity contribution in [3.63, 3.8) is 0 Å². The van der Waals surface area contributed by atoms with Gasteiger partial charge in [0.1, 0.15) is 12.5 Å². The van der Waals surface area contributed by atoms with Crippen LogP contribution in [0.3, 0.4) is 0 Å². The molecule has 0 aromatic rings. The average Bonchev–Trinajstić information content (AvgIpc) is 2.46. The van der Waals surface area contributed by atoms with E-state index in [1.54, 1.807) is 0 Å². The first-order chi connectivity index (χ1) is 4.31. The summed E-state index contributed by atoms with van der Waals surface area (Å²) in [5, 5.41) is 7.32. The summed E-state index contributed by atoms with van der Waals surface area (Å²) in [7, 11) is 0. The smallest absolute Gasteiger partial charge is 0.129 e. The summed E-state index contributed by atoms with van der Waals surface area (Å²) < 4.78 is 0. The first-order valence-corrected chi connectivity index (χ1v) is 3.36. The lowest BCUT2D eigenvalue weighted by Gasteiger charge is -2.05. The fraction of sp³-hybridized carbons (Fsp3) is 0.833. The summed E-state index contributed by atoms with van der Waals surface area (Å²) in [5.74, 6) is 1.16. The van der Waals surface area contributed by atoms with Crippen molar-refractivity contribution in [1.29, 1.82) is 0 Å². The molecule has 0 saturated heterocycles. The van der Waals surface area contributed by atoms with E-state index in [1.807, 2.05) is 0 Å². The van der Waals surface area contributed by atoms with Crippen LogP contribution in [0, 0.1) is 5.41 Å². The van der Waals surface area contributed by atoms with Crippen LogP contribution in [-0.2, 0) is 0 Å². The topological polar surface area (TPSA) is 36.4 Å². The van der Waals surface area contributed by atoms with Crippen LogP contribution in [0.2, 0.25) is 0 Å². The maximum absolute atomic E-state index is 4.12. The molecule has 9 heavy (non-hydrogen) atoms. The van der Waals surface area contributed by atoms with Crippen molar-refractivity contribution in [2.45, 2.75) is 19.8 Å². The fourth-order valence-corrected chi connectivity index (χ4v) is 1.05. The van der Waals surface area contributed by atoms with E-state index in [1.165, 1.54) is 12.8 Å². The zero-order valence-corrected chi connectivity index (χ0v) is 5.57. The Bertz CT molecular complexity index is 158. The van der Waals surface area contributed by atoms with Gasteiger partial charge in [0.2, 0.25) is 0 Å². The van der Waals surface area contributed by atoms with Crippen molar-refractivity contribution in [3.8, 4) is 0 Å². The van der Waals surface area contributed by atoms with E-state index < -0.39 is 0 Å². The number of amidine groups is 1. The van der Waals surface area contributed by atoms with Crippen LogP contribution in [0.25, 0.3) is 0 Å². The Kier molecular flexibility index (Phi) is 0.793. The van der Waals surface area contributed by atoms with Crippen LogP contribution >= 0.6 is 0 Å². The van der Waals surface area contributed by atoms with Gasteiger partial charge in [0.05, 0.1) is 0 Å². The lowest BCUT2D eigenvalue weighted by atomic mass is 10.1. The van der Waals surface area contributed by atoms with Crippen LogP contribution in [0.15, 0.2) is 5.10 Å². The van der Waals surface area contributed by atoms with Crippen LogP contribution in [0.4, 0.5) is 0 Å². The lowest BCUT2D eigenvalue weighted by Crippen LogP contribution is -2.27. The van der Waals surface area contributed by atoms with Gasteiger partial charge in [0.15, 0.2) is 0 Å². The summed E-state index contributed by atoms with van der Waals surface area (Å²) in [5.41, 5.74) is 3.30.